The largest absolute Gasteiger partial charge is 0.445 e. The van der Waals surface area contributed by atoms with Crippen molar-refractivity contribution in [1.29, 1.82) is 0 Å². The molecule has 0 bridgehead atoms. The van der Waals surface area contributed by atoms with Gasteiger partial charge in [0.2, 0.25) is 0 Å². The number of nitrogens with one attached hydrogen (secondary N) is 1. The van der Waals surface area contributed by atoms with Crippen molar-refractivity contribution in [3.8, 4) is 0 Å². The van der Waals surface area contributed by atoms with Crippen LogP contribution in [0, 0.1) is 0 Å². The average molecular weight is 728 g/mol. The van der Waals surface area contributed by atoms with Crippen molar-refractivity contribution in [3.05, 3.63) is 35.9 Å². The van der Waals surface area contributed by atoms with Crippen LogP contribution in [0.1, 0.15) is 102 Å². The van der Waals surface area contributed by atoms with E-state index in [0.29, 0.717) is 106 Å². The lowest BCUT2D eigenvalue weighted by molar-refractivity contribution is -0.0230. The molecule has 0 fully saturated rings. The quantitative estimate of drug-likeness (QED) is 0.0680. The first kappa shape index (κ1) is 47.2. The molecule has 1 aromatic carbocycles. The Kier molecular flexibility index (Phi) is 37.9. The second kappa shape index (κ2) is 40.9. The van der Waals surface area contributed by atoms with Gasteiger partial charge in [-0.15, -0.1) is 0 Å². The molecular weight excluding hydrogens is 654 g/mol. The summed E-state index contributed by atoms with van der Waals surface area (Å²) in [5.41, 5.74) is 0.944. The molecule has 1 rings (SSSR count). The zero-order valence-corrected chi connectivity index (χ0v) is 32.1. The van der Waals surface area contributed by atoms with Gasteiger partial charge in [-0.1, -0.05) is 121 Å². The third-order valence-corrected chi connectivity index (χ3v) is 7.97. The molecule has 0 aliphatic rings. The average Bonchev–Trinajstić information content (AvgIpc) is 3.15. The van der Waals surface area contributed by atoms with E-state index in [1.165, 1.54) is 83.5 Å². The lowest BCUT2D eigenvalue weighted by atomic mass is 10.0. The monoisotopic (exact) mass is 728 g/mol. The number of hydrogen-bond donors (Lipinski definition) is 1. The molecule has 0 radical (unpaired) electrons. The highest BCUT2D eigenvalue weighted by molar-refractivity contribution is 5.67. The van der Waals surface area contributed by atoms with Gasteiger partial charge in [-0.05, 0) is 12.0 Å². The Morgan fingerprint density at radius 2 is 0.765 bits per heavy atom. The van der Waals surface area contributed by atoms with Crippen molar-refractivity contribution in [1.82, 2.24) is 5.32 Å². The van der Waals surface area contributed by atoms with E-state index in [2.05, 4.69) is 12.2 Å². The molecule has 0 aliphatic carbocycles. The van der Waals surface area contributed by atoms with Gasteiger partial charge in [0.15, 0.2) is 0 Å². The number of hydrogen-bond acceptors (Lipinski definition) is 10. The Balaban J connectivity index is 1.62. The molecule has 11 nitrogen and oxygen atoms in total. The van der Waals surface area contributed by atoms with Crippen molar-refractivity contribution < 1.29 is 47.4 Å². The fourth-order valence-electron chi connectivity index (χ4n) is 5.04. The minimum Gasteiger partial charge on any atom is -0.445 e. The molecule has 0 heterocycles. The zero-order chi connectivity index (χ0) is 36.4. The van der Waals surface area contributed by atoms with E-state index in [9.17, 15) is 4.79 Å². The molecule has 0 saturated heterocycles. The maximum Gasteiger partial charge on any atom is 0.407 e. The predicted octanol–water partition coefficient (Wildman–Crippen LogP) is 7.53. The molecular formula is C40H73NO10. The van der Waals surface area contributed by atoms with Crippen LogP contribution in [0.5, 0.6) is 0 Å². The molecule has 0 saturated carbocycles. The van der Waals surface area contributed by atoms with Gasteiger partial charge in [0.05, 0.1) is 99.1 Å². The maximum absolute atomic E-state index is 11.7. The molecule has 1 amide bonds. The smallest absolute Gasteiger partial charge is 0.407 e. The van der Waals surface area contributed by atoms with Crippen LogP contribution >= 0.6 is 0 Å². The lowest BCUT2D eigenvalue weighted by Crippen LogP contribution is -2.28. The van der Waals surface area contributed by atoms with E-state index in [-0.39, 0.29) is 6.61 Å². The van der Waals surface area contributed by atoms with Gasteiger partial charge in [0.1, 0.15) is 6.61 Å². The van der Waals surface area contributed by atoms with Crippen LogP contribution in [0.15, 0.2) is 30.3 Å². The van der Waals surface area contributed by atoms with Gasteiger partial charge in [-0.25, -0.2) is 4.79 Å². The molecule has 0 aliphatic heterocycles. The van der Waals surface area contributed by atoms with Crippen LogP contribution in [0.2, 0.25) is 0 Å². The van der Waals surface area contributed by atoms with Gasteiger partial charge in [-0.2, -0.15) is 0 Å². The summed E-state index contributed by atoms with van der Waals surface area (Å²) in [6.07, 6.45) is 18.8. The number of carbonyl (C=O) groups is 1. The molecule has 0 unspecified atom stereocenters. The minimum atomic E-state index is -0.462. The fourth-order valence-corrected chi connectivity index (χ4v) is 5.04. The molecule has 11 heteroatoms. The van der Waals surface area contributed by atoms with Crippen LogP contribution in [-0.2, 0) is 49.2 Å². The van der Waals surface area contributed by atoms with E-state index in [1.54, 1.807) is 0 Å². The minimum absolute atomic E-state index is 0.244. The van der Waals surface area contributed by atoms with Crippen molar-refractivity contribution >= 4 is 6.09 Å². The molecule has 0 atom stereocenters. The number of benzene rings is 1. The normalized spacial score (nSPS) is 11.3. The molecule has 51 heavy (non-hydrogen) atoms. The molecule has 0 aromatic heterocycles. The highest BCUT2D eigenvalue weighted by Gasteiger charge is 2.02. The number of rotatable bonds is 41. The van der Waals surface area contributed by atoms with Crippen molar-refractivity contribution in [2.45, 2.75) is 103 Å². The second-order valence-electron chi connectivity index (χ2n) is 12.5. The number of unbranched alkanes of at least 4 members (excludes halogenated alkanes) is 13. The number of amides is 1. The number of ether oxygens (including phenoxy) is 9. The SMILES string of the molecule is CCCCCCCCCCCCCCCCOCCOCCOCCOCCOCCOCCOCCOCCNC(=O)OCc1ccccc1. The van der Waals surface area contributed by atoms with Crippen LogP contribution in [0.3, 0.4) is 0 Å². The Bertz CT molecular complexity index is 820. The second-order valence-corrected chi connectivity index (χ2v) is 12.5. The Morgan fingerprint density at radius 3 is 1.16 bits per heavy atom. The maximum atomic E-state index is 11.7. The summed E-state index contributed by atoms with van der Waals surface area (Å²) < 4.78 is 49.3. The van der Waals surface area contributed by atoms with Crippen LogP contribution in [-0.4, -0.2) is 118 Å². The lowest BCUT2D eigenvalue weighted by Gasteiger charge is -2.09. The summed E-state index contributed by atoms with van der Waals surface area (Å²) in [6.45, 7) is 11.5. The zero-order valence-electron chi connectivity index (χ0n) is 32.1. The number of alkyl carbamates (subject to hydrolysis) is 1. The first-order valence-electron chi connectivity index (χ1n) is 19.9. The van der Waals surface area contributed by atoms with E-state index in [0.717, 1.165) is 18.6 Å². The molecule has 0 spiro atoms. The van der Waals surface area contributed by atoms with Gasteiger partial charge in [0, 0.05) is 13.2 Å². The summed E-state index contributed by atoms with van der Waals surface area (Å²) in [5, 5.41) is 2.65. The van der Waals surface area contributed by atoms with E-state index < -0.39 is 6.09 Å². The van der Waals surface area contributed by atoms with E-state index in [1.807, 2.05) is 30.3 Å². The van der Waals surface area contributed by atoms with Crippen LogP contribution in [0.4, 0.5) is 4.79 Å². The standard InChI is InChI=1S/C40H73NO10/c1-2-3-4-5-6-7-8-9-10-11-12-13-14-18-22-43-24-26-45-28-30-47-32-34-49-36-37-50-35-33-48-31-29-46-27-25-44-23-21-41-40(42)51-38-39-19-16-15-17-20-39/h15-17,19-20H,2-14,18,21-38H2,1H3,(H,41,42). The van der Waals surface area contributed by atoms with Crippen LogP contribution in [0.25, 0.3) is 0 Å². The third-order valence-electron chi connectivity index (χ3n) is 7.97. The van der Waals surface area contributed by atoms with Crippen LogP contribution < -0.4 is 5.32 Å². The Labute approximate surface area is 310 Å². The van der Waals surface area contributed by atoms with Crippen molar-refractivity contribution in [2.24, 2.45) is 0 Å². The van der Waals surface area contributed by atoms with Gasteiger partial charge >= 0.3 is 6.09 Å². The summed E-state index contributed by atoms with van der Waals surface area (Å²) in [4.78, 5) is 11.7. The summed E-state index contributed by atoms with van der Waals surface area (Å²) >= 11 is 0. The third kappa shape index (κ3) is 37.7. The Hall–Kier alpha value is -1.83. The van der Waals surface area contributed by atoms with Gasteiger partial charge < -0.3 is 47.9 Å². The number of carbonyl (C=O) groups excluding carboxylic acids is 1. The topological polar surface area (TPSA) is 112 Å². The first-order chi connectivity index (χ1) is 25.3. The Morgan fingerprint density at radius 1 is 0.431 bits per heavy atom. The van der Waals surface area contributed by atoms with Gasteiger partial charge in [0.25, 0.3) is 0 Å². The highest BCUT2D eigenvalue weighted by atomic mass is 16.6. The van der Waals surface area contributed by atoms with Crippen molar-refractivity contribution in [2.75, 3.05) is 112 Å². The molecule has 298 valence electrons. The molecule has 1 aromatic rings. The summed E-state index contributed by atoms with van der Waals surface area (Å²) in [7, 11) is 0. The predicted molar refractivity (Wildman–Crippen MR) is 201 cm³/mol. The first-order valence-corrected chi connectivity index (χ1v) is 19.9. The van der Waals surface area contributed by atoms with E-state index >= 15 is 0 Å². The van der Waals surface area contributed by atoms with Gasteiger partial charge in [-0.3, -0.25) is 0 Å². The fraction of sp³-hybridized carbons (Fsp3) is 0.825. The summed E-state index contributed by atoms with van der Waals surface area (Å²) in [5.74, 6) is 0. The van der Waals surface area contributed by atoms with Crippen molar-refractivity contribution in [3.63, 3.8) is 0 Å². The highest BCUT2D eigenvalue weighted by Crippen LogP contribution is 2.13. The van der Waals surface area contributed by atoms with E-state index in [4.69, 9.17) is 42.6 Å². The summed E-state index contributed by atoms with van der Waals surface area (Å²) in [6, 6.07) is 9.54. The molecule has 1 N–H and O–H groups in total.